The number of benzene rings is 1. The molecule has 1 amide bonds. The van der Waals surface area contributed by atoms with E-state index < -0.39 is 5.82 Å². The summed E-state index contributed by atoms with van der Waals surface area (Å²) in [6, 6.07) is 4.31. The first-order valence-electron chi connectivity index (χ1n) is 6.48. The van der Waals surface area contributed by atoms with Crippen molar-refractivity contribution in [2.24, 2.45) is 11.7 Å². The number of nitrogens with zero attached hydrogens (tertiary/aromatic N) is 1. The molecule has 112 valence electrons. The van der Waals surface area contributed by atoms with Gasteiger partial charge in [0.15, 0.2) is 0 Å². The van der Waals surface area contributed by atoms with E-state index in [0.717, 1.165) is 12.8 Å². The fraction of sp³-hybridized carbons (Fsp3) is 0.500. The van der Waals surface area contributed by atoms with E-state index in [9.17, 15) is 9.18 Å². The maximum atomic E-state index is 13.8. The Morgan fingerprint density at radius 2 is 2.10 bits per heavy atom. The first-order chi connectivity index (χ1) is 9.15. The quantitative estimate of drug-likeness (QED) is 0.930. The van der Waals surface area contributed by atoms with Crippen molar-refractivity contribution in [3.63, 3.8) is 0 Å². The number of hydrogen-bond donors (Lipinski definition) is 1. The molecular formula is C14H20ClFN2O2. The minimum absolute atomic E-state index is 0. The van der Waals surface area contributed by atoms with Crippen LogP contribution in [0.25, 0.3) is 0 Å². The van der Waals surface area contributed by atoms with Crippen LogP contribution in [-0.4, -0.2) is 37.6 Å². The fourth-order valence-electron chi connectivity index (χ4n) is 2.34. The number of halogens is 2. The fourth-order valence-corrected chi connectivity index (χ4v) is 2.34. The summed E-state index contributed by atoms with van der Waals surface area (Å²) in [5, 5.41) is 0. The number of rotatable bonds is 3. The van der Waals surface area contributed by atoms with E-state index in [1.807, 2.05) is 0 Å². The summed E-state index contributed by atoms with van der Waals surface area (Å²) in [5.74, 6) is 0.0987. The van der Waals surface area contributed by atoms with Gasteiger partial charge in [0.2, 0.25) is 0 Å². The molecule has 0 atom stereocenters. The lowest BCUT2D eigenvalue weighted by Gasteiger charge is -2.31. The van der Waals surface area contributed by atoms with Crippen LogP contribution in [0.3, 0.4) is 0 Å². The number of carbonyl (C=O) groups is 1. The lowest BCUT2D eigenvalue weighted by molar-refractivity contribution is 0.0688. The summed E-state index contributed by atoms with van der Waals surface area (Å²) < 4.78 is 18.8. The second kappa shape index (κ2) is 7.45. The molecule has 0 unspecified atom stereocenters. The summed E-state index contributed by atoms with van der Waals surface area (Å²) in [6.45, 7) is 1.94. The molecular weight excluding hydrogens is 283 g/mol. The number of ether oxygens (including phenoxy) is 1. The molecule has 0 radical (unpaired) electrons. The summed E-state index contributed by atoms with van der Waals surface area (Å²) in [4.78, 5) is 13.9. The summed E-state index contributed by atoms with van der Waals surface area (Å²) >= 11 is 0. The van der Waals surface area contributed by atoms with E-state index in [1.165, 1.54) is 19.2 Å². The van der Waals surface area contributed by atoms with Crippen molar-refractivity contribution in [2.75, 3.05) is 26.7 Å². The van der Waals surface area contributed by atoms with Crippen LogP contribution in [0.5, 0.6) is 5.75 Å². The van der Waals surface area contributed by atoms with Gasteiger partial charge in [-0.05, 0) is 37.4 Å². The van der Waals surface area contributed by atoms with Gasteiger partial charge in [-0.1, -0.05) is 0 Å². The lowest BCUT2D eigenvalue weighted by Crippen LogP contribution is -2.40. The smallest absolute Gasteiger partial charge is 0.256 e. The Morgan fingerprint density at radius 3 is 2.60 bits per heavy atom. The molecule has 6 heteroatoms. The molecule has 0 bridgehead atoms. The Kier molecular flexibility index (Phi) is 6.23. The Bertz CT molecular complexity index is 462. The molecule has 4 nitrogen and oxygen atoms in total. The first kappa shape index (κ1) is 16.7. The summed E-state index contributed by atoms with van der Waals surface area (Å²) in [5.41, 5.74) is 5.72. The molecule has 1 saturated heterocycles. The third-order valence-electron chi connectivity index (χ3n) is 3.64. The van der Waals surface area contributed by atoms with E-state index in [2.05, 4.69) is 0 Å². The van der Waals surface area contributed by atoms with Gasteiger partial charge in [-0.3, -0.25) is 4.79 Å². The molecule has 2 rings (SSSR count). The molecule has 0 aliphatic carbocycles. The molecule has 20 heavy (non-hydrogen) atoms. The average Bonchev–Trinajstić information content (AvgIpc) is 2.46. The van der Waals surface area contributed by atoms with Crippen molar-refractivity contribution >= 4 is 18.3 Å². The van der Waals surface area contributed by atoms with Crippen molar-refractivity contribution in [1.29, 1.82) is 0 Å². The van der Waals surface area contributed by atoms with Gasteiger partial charge in [0.05, 0.1) is 12.7 Å². The molecule has 0 spiro atoms. The van der Waals surface area contributed by atoms with Crippen LogP contribution in [-0.2, 0) is 0 Å². The van der Waals surface area contributed by atoms with Gasteiger partial charge in [0.1, 0.15) is 11.6 Å². The highest BCUT2D eigenvalue weighted by Gasteiger charge is 2.24. The van der Waals surface area contributed by atoms with Gasteiger partial charge >= 0.3 is 0 Å². The van der Waals surface area contributed by atoms with Crippen molar-refractivity contribution in [3.05, 3.63) is 29.6 Å². The van der Waals surface area contributed by atoms with E-state index in [-0.39, 0.29) is 23.9 Å². The molecule has 1 heterocycles. The highest BCUT2D eigenvalue weighted by Crippen LogP contribution is 2.21. The zero-order chi connectivity index (χ0) is 13.8. The number of amides is 1. The third-order valence-corrected chi connectivity index (χ3v) is 3.64. The number of likely N-dealkylation sites (tertiary alicyclic amines) is 1. The average molecular weight is 303 g/mol. The van der Waals surface area contributed by atoms with Gasteiger partial charge < -0.3 is 15.4 Å². The largest absolute Gasteiger partial charge is 0.497 e. The van der Waals surface area contributed by atoms with E-state index in [1.54, 1.807) is 11.0 Å². The Hall–Kier alpha value is -1.33. The SMILES string of the molecule is COc1ccc(C(=O)N2CCC(CN)CC2)c(F)c1.Cl. The van der Waals surface area contributed by atoms with Gasteiger partial charge in [-0.25, -0.2) is 4.39 Å². The summed E-state index contributed by atoms with van der Waals surface area (Å²) in [6.07, 6.45) is 1.78. The molecule has 2 N–H and O–H groups in total. The maximum Gasteiger partial charge on any atom is 0.256 e. The van der Waals surface area contributed by atoms with E-state index in [0.29, 0.717) is 31.3 Å². The zero-order valence-electron chi connectivity index (χ0n) is 11.5. The normalized spacial score (nSPS) is 15.7. The Balaban J connectivity index is 0.00000200. The molecule has 1 aromatic carbocycles. The van der Waals surface area contributed by atoms with Gasteiger partial charge in [-0.2, -0.15) is 0 Å². The predicted molar refractivity (Wildman–Crippen MR) is 77.9 cm³/mol. The molecule has 1 aliphatic rings. The minimum atomic E-state index is -0.537. The third kappa shape index (κ3) is 3.61. The second-order valence-electron chi connectivity index (χ2n) is 4.82. The van der Waals surface area contributed by atoms with Gasteiger partial charge in [0, 0.05) is 19.2 Å². The van der Waals surface area contributed by atoms with Crippen molar-refractivity contribution in [1.82, 2.24) is 4.90 Å². The van der Waals surface area contributed by atoms with E-state index >= 15 is 0 Å². The number of hydrogen-bond acceptors (Lipinski definition) is 3. The van der Waals surface area contributed by atoms with Crippen molar-refractivity contribution in [3.8, 4) is 5.75 Å². The number of nitrogens with two attached hydrogens (primary N) is 1. The van der Waals surface area contributed by atoms with Crippen molar-refractivity contribution in [2.45, 2.75) is 12.8 Å². The Labute approximate surface area is 124 Å². The minimum Gasteiger partial charge on any atom is -0.497 e. The number of carbonyl (C=O) groups excluding carboxylic acids is 1. The van der Waals surface area contributed by atoms with Crippen LogP contribution >= 0.6 is 12.4 Å². The summed E-state index contributed by atoms with van der Waals surface area (Å²) in [7, 11) is 1.47. The van der Waals surface area contributed by atoms with E-state index in [4.69, 9.17) is 10.5 Å². The topological polar surface area (TPSA) is 55.6 Å². The lowest BCUT2D eigenvalue weighted by atomic mass is 9.96. The van der Waals surface area contributed by atoms with Crippen LogP contribution in [0, 0.1) is 11.7 Å². The first-order valence-corrected chi connectivity index (χ1v) is 6.48. The number of piperidine rings is 1. The van der Waals surface area contributed by atoms with Crippen LogP contribution in [0.15, 0.2) is 18.2 Å². The van der Waals surface area contributed by atoms with Crippen LogP contribution < -0.4 is 10.5 Å². The monoisotopic (exact) mass is 302 g/mol. The molecule has 0 saturated carbocycles. The van der Waals surface area contributed by atoms with Gasteiger partial charge in [0.25, 0.3) is 5.91 Å². The number of methoxy groups -OCH3 is 1. The van der Waals surface area contributed by atoms with Crippen LogP contribution in [0.1, 0.15) is 23.2 Å². The maximum absolute atomic E-state index is 13.8. The van der Waals surface area contributed by atoms with Crippen LogP contribution in [0.4, 0.5) is 4.39 Å². The van der Waals surface area contributed by atoms with Crippen molar-refractivity contribution < 1.29 is 13.9 Å². The standard InChI is InChI=1S/C14H19FN2O2.ClH/c1-19-11-2-3-12(13(15)8-11)14(18)17-6-4-10(9-16)5-7-17;/h2-3,8,10H,4-7,9,16H2,1H3;1H. The molecule has 1 fully saturated rings. The zero-order valence-corrected chi connectivity index (χ0v) is 12.3. The highest BCUT2D eigenvalue weighted by atomic mass is 35.5. The van der Waals surface area contributed by atoms with Gasteiger partial charge in [-0.15, -0.1) is 12.4 Å². The predicted octanol–water partition coefficient (Wildman–Crippen LogP) is 2.07. The Morgan fingerprint density at radius 1 is 1.45 bits per heavy atom. The molecule has 0 aromatic heterocycles. The molecule has 1 aliphatic heterocycles. The highest BCUT2D eigenvalue weighted by molar-refractivity contribution is 5.94. The molecule has 1 aromatic rings. The van der Waals surface area contributed by atoms with Crippen LogP contribution in [0.2, 0.25) is 0 Å². The second-order valence-corrected chi connectivity index (χ2v) is 4.82.